The number of benzene rings is 2. The Balaban J connectivity index is 0.00000363. The van der Waals surface area contributed by atoms with Crippen LogP contribution in [0.25, 0.3) is 6.08 Å². The van der Waals surface area contributed by atoms with Gasteiger partial charge in [-0.2, -0.15) is 10.1 Å². The van der Waals surface area contributed by atoms with Gasteiger partial charge in [0.2, 0.25) is 0 Å². The maximum Gasteiger partial charge on any atom is 1.00 e. The second-order valence-corrected chi connectivity index (χ2v) is 8.19. The Morgan fingerprint density at radius 1 is 1.12 bits per heavy atom. The summed E-state index contributed by atoms with van der Waals surface area (Å²) in [6.45, 7) is -0.313. The van der Waals surface area contributed by atoms with E-state index in [4.69, 9.17) is 5.26 Å². The molecule has 1 N–H and O–H groups in total. The Kier molecular flexibility index (Phi) is 9.51. The molecular formula is C21H20KN3O6S. The smallest absolute Gasteiger partial charge is 0.744 e. The van der Waals surface area contributed by atoms with E-state index < -0.39 is 20.9 Å². The fourth-order valence-corrected chi connectivity index (χ4v) is 3.33. The minimum atomic E-state index is -4.60. The molecule has 1 aliphatic heterocycles. The van der Waals surface area contributed by atoms with Gasteiger partial charge in [0.25, 0.3) is 5.91 Å². The number of carbonyl (C=O) groups excluding carboxylic acids is 1. The Labute approximate surface area is 228 Å². The predicted octanol–water partition coefficient (Wildman–Crippen LogP) is -0.507. The van der Waals surface area contributed by atoms with E-state index in [-0.39, 0.29) is 75.0 Å². The van der Waals surface area contributed by atoms with E-state index in [2.05, 4.69) is 9.99 Å². The van der Waals surface area contributed by atoms with E-state index in [0.29, 0.717) is 0 Å². The van der Waals surface area contributed by atoms with Crippen molar-refractivity contribution in [1.82, 2.24) is 0 Å². The molecular weight excluding hydrogens is 461 g/mol. The largest absolute Gasteiger partial charge is 1.00 e. The molecule has 1 heterocycles. The summed E-state index contributed by atoms with van der Waals surface area (Å²) in [6, 6.07) is 12.6. The first kappa shape index (κ1) is 26.6. The number of rotatable bonds is 7. The van der Waals surface area contributed by atoms with E-state index in [1.54, 1.807) is 12.2 Å². The first-order chi connectivity index (χ1) is 14.7. The summed E-state index contributed by atoms with van der Waals surface area (Å²) >= 11 is 0. The van der Waals surface area contributed by atoms with Crippen molar-refractivity contribution >= 4 is 39.2 Å². The quantitative estimate of drug-likeness (QED) is 0.186. The van der Waals surface area contributed by atoms with Gasteiger partial charge in [-0.15, -0.1) is 0 Å². The van der Waals surface area contributed by atoms with Crippen molar-refractivity contribution in [2.24, 2.45) is 5.10 Å². The molecule has 162 valence electrons. The van der Waals surface area contributed by atoms with Gasteiger partial charge in [0.1, 0.15) is 22.4 Å². The van der Waals surface area contributed by atoms with Gasteiger partial charge in [0.15, 0.2) is 0 Å². The third-order valence-electron chi connectivity index (χ3n) is 4.49. The molecule has 0 radical (unpaired) electrons. The summed E-state index contributed by atoms with van der Waals surface area (Å²) < 4.78 is 33.2. The molecule has 2 aromatic carbocycles. The van der Waals surface area contributed by atoms with Crippen molar-refractivity contribution in [3.63, 3.8) is 0 Å². The van der Waals surface area contributed by atoms with Crippen LogP contribution in [0.4, 0.5) is 11.4 Å². The van der Waals surface area contributed by atoms with Gasteiger partial charge in [-0.3, -0.25) is 10.1 Å². The van der Waals surface area contributed by atoms with Crippen molar-refractivity contribution < 1.29 is 79.3 Å². The van der Waals surface area contributed by atoms with E-state index in [0.717, 1.165) is 28.4 Å². The molecule has 0 fully saturated rings. The molecule has 0 aliphatic carbocycles. The van der Waals surface area contributed by atoms with Crippen molar-refractivity contribution in [3.8, 4) is 0 Å². The number of anilines is 2. The Morgan fingerprint density at radius 3 is 2.28 bits per heavy atom. The molecule has 9 nitrogen and oxygen atoms in total. The molecule has 0 aromatic heterocycles. The molecule has 0 atom stereocenters. The molecule has 0 unspecified atom stereocenters. The van der Waals surface area contributed by atoms with Crippen LogP contribution in [0.15, 0.2) is 76.3 Å². The fraction of sp³-hybridized carbons (Fsp3) is 0.143. The number of hydrogen-bond acceptors (Lipinski definition) is 8. The van der Waals surface area contributed by atoms with Crippen LogP contribution in [0.2, 0.25) is 0 Å². The van der Waals surface area contributed by atoms with Gasteiger partial charge in [0, 0.05) is 19.8 Å². The molecule has 0 spiro atoms. The zero-order valence-electron chi connectivity index (χ0n) is 17.8. The van der Waals surface area contributed by atoms with Gasteiger partial charge in [0.05, 0.1) is 16.2 Å². The molecule has 0 saturated heterocycles. The van der Waals surface area contributed by atoms with Gasteiger partial charge < -0.3 is 9.45 Å². The van der Waals surface area contributed by atoms with Gasteiger partial charge in [-0.25, -0.2) is 13.3 Å². The summed E-state index contributed by atoms with van der Waals surface area (Å²) in [7, 11) is -0.701. The van der Waals surface area contributed by atoms with Crippen LogP contribution in [-0.2, 0) is 19.8 Å². The molecule has 32 heavy (non-hydrogen) atoms. The zero-order valence-corrected chi connectivity index (χ0v) is 21.7. The van der Waals surface area contributed by atoms with Crippen LogP contribution < -0.4 is 61.3 Å². The van der Waals surface area contributed by atoms with Crippen molar-refractivity contribution in [3.05, 3.63) is 71.8 Å². The number of amides is 1. The van der Waals surface area contributed by atoms with Crippen molar-refractivity contribution in [1.29, 1.82) is 0 Å². The Hall–Kier alpha value is -1.67. The zero-order chi connectivity index (χ0) is 22.6. The average molecular weight is 482 g/mol. The van der Waals surface area contributed by atoms with Crippen LogP contribution in [0, 0.1) is 0 Å². The van der Waals surface area contributed by atoms with Crippen molar-refractivity contribution in [2.45, 2.75) is 4.90 Å². The van der Waals surface area contributed by atoms with E-state index in [9.17, 15) is 17.8 Å². The van der Waals surface area contributed by atoms with E-state index >= 15 is 0 Å². The second kappa shape index (κ2) is 11.5. The summed E-state index contributed by atoms with van der Waals surface area (Å²) in [4.78, 5) is 18.5. The second-order valence-electron chi connectivity index (χ2n) is 6.81. The van der Waals surface area contributed by atoms with Crippen LogP contribution in [-0.4, -0.2) is 50.5 Å². The molecule has 3 rings (SSSR count). The third kappa shape index (κ3) is 6.44. The standard InChI is InChI=1S/C21H21N3O6S.K/c1-23(2)16-8-6-15(7-9-16)4-3-5-19-20(14-30-26)22-24(21(19)25)17-10-12-18(13-11-17)31(27,28)29;/h3-13,26H,14H2,1-2H3,(H,27,28,29);/q;+1/p-1/b4-3+,19-5+;. The molecule has 1 aliphatic rings. The third-order valence-corrected chi connectivity index (χ3v) is 5.34. The number of nitrogens with zero attached hydrogens (tertiary/aromatic N) is 3. The molecule has 2 aromatic rings. The molecule has 11 heteroatoms. The molecule has 0 saturated carbocycles. The van der Waals surface area contributed by atoms with Crippen molar-refractivity contribution in [2.75, 3.05) is 30.6 Å². The van der Waals surface area contributed by atoms with Crippen LogP contribution in [0.1, 0.15) is 5.56 Å². The maximum absolute atomic E-state index is 12.8. The van der Waals surface area contributed by atoms with Crippen LogP contribution in [0.3, 0.4) is 0 Å². The molecule has 1 amide bonds. The van der Waals surface area contributed by atoms with Gasteiger partial charge >= 0.3 is 51.4 Å². The maximum atomic E-state index is 12.8. The minimum Gasteiger partial charge on any atom is -0.744 e. The number of carbonyl (C=O) groups is 1. The fourth-order valence-electron chi connectivity index (χ4n) is 2.86. The van der Waals surface area contributed by atoms with Gasteiger partial charge in [-0.05, 0) is 48.0 Å². The SMILES string of the molecule is CN(C)c1ccc(/C=C/C=C2/C(=O)N(c3ccc(S(=O)(=O)[O-])cc3)N=C2COO)cc1.[K+]. The first-order valence-corrected chi connectivity index (χ1v) is 10.5. The topological polar surface area (TPSA) is 123 Å². The Morgan fingerprint density at radius 2 is 1.75 bits per heavy atom. The summed E-state index contributed by atoms with van der Waals surface area (Å²) in [5.74, 6) is -0.489. The summed E-state index contributed by atoms with van der Waals surface area (Å²) in [5, 5.41) is 14.0. The van der Waals surface area contributed by atoms with E-state index in [1.807, 2.05) is 49.3 Å². The number of allylic oxidation sites excluding steroid dienone is 2. The van der Waals surface area contributed by atoms with Gasteiger partial charge in [-0.1, -0.05) is 24.3 Å². The molecule has 0 bridgehead atoms. The first-order valence-electron chi connectivity index (χ1n) is 9.11. The predicted molar refractivity (Wildman–Crippen MR) is 116 cm³/mol. The number of hydrazone groups is 1. The monoisotopic (exact) mass is 481 g/mol. The average Bonchev–Trinajstić information content (AvgIpc) is 3.04. The Bertz CT molecular complexity index is 1160. The minimum absolute atomic E-state index is 0. The normalized spacial score (nSPS) is 15.2. The number of hydrogen-bond donors (Lipinski definition) is 1. The van der Waals surface area contributed by atoms with Crippen LogP contribution >= 0.6 is 0 Å². The van der Waals surface area contributed by atoms with E-state index in [1.165, 1.54) is 12.1 Å². The summed E-state index contributed by atoms with van der Waals surface area (Å²) in [6.07, 6.45) is 5.05. The van der Waals surface area contributed by atoms with Crippen LogP contribution in [0.5, 0.6) is 0 Å². The summed E-state index contributed by atoms with van der Waals surface area (Å²) in [5.41, 5.74) is 2.65.